The molecule has 0 spiro atoms. The smallest absolute Gasteiger partial charge is 0.223 e. The largest absolute Gasteiger partial charge is 0.349 e. The molecule has 2 N–H and O–H groups in total. The molecule has 3 heteroatoms. The van der Waals surface area contributed by atoms with E-state index in [9.17, 15) is 4.79 Å². The summed E-state index contributed by atoms with van der Waals surface area (Å²) in [6.45, 7) is 10.6. The van der Waals surface area contributed by atoms with Crippen molar-refractivity contribution in [3.8, 4) is 0 Å². The summed E-state index contributed by atoms with van der Waals surface area (Å²) in [5.74, 6) is 0.361. The van der Waals surface area contributed by atoms with Crippen molar-refractivity contribution in [2.75, 3.05) is 13.1 Å². The van der Waals surface area contributed by atoms with E-state index in [-0.39, 0.29) is 23.3 Å². The zero-order valence-electron chi connectivity index (χ0n) is 13.7. The van der Waals surface area contributed by atoms with E-state index in [1.807, 2.05) is 6.07 Å². The van der Waals surface area contributed by atoms with Gasteiger partial charge in [-0.1, -0.05) is 45.0 Å². The van der Waals surface area contributed by atoms with Gasteiger partial charge in [0, 0.05) is 5.92 Å². The van der Waals surface area contributed by atoms with Gasteiger partial charge in [-0.05, 0) is 49.4 Å². The van der Waals surface area contributed by atoms with Gasteiger partial charge in [0.1, 0.15) is 0 Å². The number of piperidine rings is 1. The summed E-state index contributed by atoms with van der Waals surface area (Å²) in [5, 5.41) is 6.63. The Bertz CT molecular complexity index is 484. The van der Waals surface area contributed by atoms with Crippen LogP contribution in [0.3, 0.4) is 0 Å². The third kappa shape index (κ3) is 4.07. The summed E-state index contributed by atoms with van der Waals surface area (Å²) in [6, 6.07) is 8.41. The van der Waals surface area contributed by atoms with Crippen molar-refractivity contribution >= 4 is 5.91 Å². The molecular formula is C18H28N2O. The molecule has 2 rings (SSSR count). The van der Waals surface area contributed by atoms with Gasteiger partial charge < -0.3 is 10.6 Å². The SMILES string of the molecule is Cc1ccccc1C(NC(=O)C1CCNCC1)C(C)(C)C. The molecule has 0 aliphatic carbocycles. The molecule has 21 heavy (non-hydrogen) atoms. The predicted molar refractivity (Wildman–Crippen MR) is 87.1 cm³/mol. The first-order valence-corrected chi connectivity index (χ1v) is 7.96. The highest BCUT2D eigenvalue weighted by Crippen LogP contribution is 2.34. The molecule has 3 nitrogen and oxygen atoms in total. The number of carbonyl (C=O) groups excluding carboxylic acids is 1. The summed E-state index contributed by atoms with van der Waals surface area (Å²) in [7, 11) is 0. The lowest BCUT2D eigenvalue weighted by molar-refractivity contribution is -0.127. The maximum absolute atomic E-state index is 12.6. The Hall–Kier alpha value is -1.35. The zero-order valence-corrected chi connectivity index (χ0v) is 13.7. The molecule has 0 bridgehead atoms. The van der Waals surface area contributed by atoms with E-state index >= 15 is 0 Å². The van der Waals surface area contributed by atoms with Crippen LogP contribution in [-0.2, 0) is 4.79 Å². The Balaban J connectivity index is 2.18. The topological polar surface area (TPSA) is 41.1 Å². The summed E-state index contributed by atoms with van der Waals surface area (Å²) in [6.07, 6.45) is 1.88. The van der Waals surface area contributed by atoms with Crippen LogP contribution in [0, 0.1) is 18.3 Å². The van der Waals surface area contributed by atoms with Crippen LogP contribution in [0.4, 0.5) is 0 Å². The minimum absolute atomic E-state index is 0.00527. The van der Waals surface area contributed by atoms with Gasteiger partial charge in [-0.3, -0.25) is 4.79 Å². The Morgan fingerprint density at radius 3 is 2.43 bits per heavy atom. The van der Waals surface area contributed by atoms with Crippen LogP contribution in [-0.4, -0.2) is 19.0 Å². The van der Waals surface area contributed by atoms with Crippen LogP contribution in [0.15, 0.2) is 24.3 Å². The number of carbonyl (C=O) groups is 1. The summed E-state index contributed by atoms with van der Waals surface area (Å²) < 4.78 is 0. The number of aryl methyl sites for hydroxylation is 1. The number of amides is 1. The summed E-state index contributed by atoms with van der Waals surface area (Å²) >= 11 is 0. The molecule has 1 aromatic carbocycles. The van der Waals surface area contributed by atoms with Crippen LogP contribution in [0.1, 0.15) is 50.8 Å². The van der Waals surface area contributed by atoms with Crippen LogP contribution >= 0.6 is 0 Å². The molecule has 1 aliphatic rings. The standard InChI is InChI=1S/C18H28N2O/c1-13-7-5-6-8-15(13)16(18(2,3)4)20-17(21)14-9-11-19-12-10-14/h5-8,14,16,19H,9-12H2,1-4H3,(H,20,21). The van der Waals surface area contributed by atoms with E-state index in [0.29, 0.717) is 0 Å². The monoisotopic (exact) mass is 288 g/mol. The van der Waals surface area contributed by atoms with Crippen LogP contribution in [0.5, 0.6) is 0 Å². The highest BCUT2D eigenvalue weighted by atomic mass is 16.2. The summed E-state index contributed by atoms with van der Waals surface area (Å²) in [5.41, 5.74) is 2.46. The fourth-order valence-corrected chi connectivity index (χ4v) is 3.02. The maximum atomic E-state index is 12.6. The van der Waals surface area contributed by atoms with E-state index < -0.39 is 0 Å². The van der Waals surface area contributed by atoms with Crippen LogP contribution in [0.2, 0.25) is 0 Å². The van der Waals surface area contributed by atoms with Crippen LogP contribution in [0.25, 0.3) is 0 Å². The fraction of sp³-hybridized carbons (Fsp3) is 0.611. The second-order valence-corrected chi connectivity index (χ2v) is 7.19. The third-order valence-corrected chi connectivity index (χ3v) is 4.36. The third-order valence-electron chi connectivity index (χ3n) is 4.36. The first kappa shape index (κ1) is 16.0. The van der Waals surface area contributed by atoms with Crippen molar-refractivity contribution in [1.29, 1.82) is 0 Å². The highest BCUT2D eigenvalue weighted by Gasteiger charge is 2.31. The van der Waals surface area contributed by atoms with E-state index in [2.05, 4.69) is 56.5 Å². The molecule has 1 aromatic rings. The summed E-state index contributed by atoms with van der Waals surface area (Å²) in [4.78, 5) is 12.6. The van der Waals surface area contributed by atoms with Gasteiger partial charge in [-0.15, -0.1) is 0 Å². The molecule has 1 saturated heterocycles. The van der Waals surface area contributed by atoms with E-state index in [0.717, 1.165) is 25.9 Å². The van der Waals surface area contributed by atoms with Crippen molar-refractivity contribution in [2.24, 2.45) is 11.3 Å². The van der Waals surface area contributed by atoms with Crippen molar-refractivity contribution < 1.29 is 4.79 Å². The van der Waals surface area contributed by atoms with E-state index in [4.69, 9.17) is 0 Å². The minimum Gasteiger partial charge on any atom is -0.349 e. The Labute approximate surface area is 128 Å². The van der Waals surface area contributed by atoms with E-state index in [1.165, 1.54) is 11.1 Å². The molecule has 1 heterocycles. The molecule has 0 radical (unpaired) electrons. The second kappa shape index (κ2) is 6.61. The number of nitrogens with one attached hydrogen (secondary N) is 2. The highest BCUT2D eigenvalue weighted by molar-refractivity contribution is 5.79. The average Bonchev–Trinajstić information content (AvgIpc) is 2.45. The number of hydrogen-bond donors (Lipinski definition) is 2. The van der Waals surface area contributed by atoms with E-state index in [1.54, 1.807) is 0 Å². The van der Waals surface area contributed by atoms with Gasteiger partial charge in [0.2, 0.25) is 5.91 Å². The molecule has 0 saturated carbocycles. The Kier molecular flexibility index (Phi) is 5.04. The van der Waals surface area contributed by atoms with Crippen molar-refractivity contribution in [3.05, 3.63) is 35.4 Å². The second-order valence-electron chi connectivity index (χ2n) is 7.19. The number of benzene rings is 1. The predicted octanol–water partition coefficient (Wildman–Crippen LogP) is 3.20. The average molecular weight is 288 g/mol. The first-order chi connectivity index (χ1) is 9.89. The van der Waals surface area contributed by atoms with Crippen LogP contribution < -0.4 is 10.6 Å². The van der Waals surface area contributed by atoms with Gasteiger partial charge >= 0.3 is 0 Å². The molecule has 1 amide bonds. The lowest BCUT2D eigenvalue weighted by Gasteiger charge is -2.34. The normalized spacial score (nSPS) is 18.3. The van der Waals surface area contributed by atoms with Crippen molar-refractivity contribution in [3.63, 3.8) is 0 Å². The van der Waals surface area contributed by atoms with Gasteiger partial charge in [0.15, 0.2) is 0 Å². The quantitative estimate of drug-likeness (QED) is 0.897. The first-order valence-electron chi connectivity index (χ1n) is 7.96. The molecule has 116 valence electrons. The maximum Gasteiger partial charge on any atom is 0.223 e. The Morgan fingerprint density at radius 2 is 1.86 bits per heavy atom. The van der Waals surface area contributed by atoms with Gasteiger partial charge in [-0.2, -0.15) is 0 Å². The molecule has 1 fully saturated rings. The molecule has 1 unspecified atom stereocenters. The van der Waals surface area contributed by atoms with Gasteiger partial charge in [0.25, 0.3) is 0 Å². The van der Waals surface area contributed by atoms with Gasteiger partial charge in [-0.25, -0.2) is 0 Å². The molecule has 1 atom stereocenters. The Morgan fingerprint density at radius 1 is 1.24 bits per heavy atom. The zero-order chi connectivity index (χ0) is 15.5. The number of hydrogen-bond acceptors (Lipinski definition) is 2. The van der Waals surface area contributed by atoms with Gasteiger partial charge in [0.05, 0.1) is 6.04 Å². The van der Waals surface area contributed by atoms with Crippen molar-refractivity contribution in [2.45, 2.75) is 46.6 Å². The molecule has 0 aromatic heterocycles. The minimum atomic E-state index is -0.00527. The molecule has 1 aliphatic heterocycles. The molecular weight excluding hydrogens is 260 g/mol. The van der Waals surface area contributed by atoms with Crippen molar-refractivity contribution in [1.82, 2.24) is 10.6 Å². The lowest BCUT2D eigenvalue weighted by atomic mass is 9.80. The fourth-order valence-electron chi connectivity index (χ4n) is 3.02. The lowest BCUT2D eigenvalue weighted by Crippen LogP contribution is -2.43. The number of rotatable bonds is 3.